The Morgan fingerprint density at radius 2 is 2.27 bits per heavy atom. The molecule has 0 aromatic rings. The summed E-state index contributed by atoms with van der Waals surface area (Å²) in [6.07, 6.45) is 2.32. The van der Waals surface area contributed by atoms with E-state index in [2.05, 4.69) is 5.23 Å². The second-order valence-electron chi connectivity index (χ2n) is 4.81. The molecule has 15 heavy (non-hydrogen) atoms. The van der Waals surface area contributed by atoms with E-state index in [9.17, 15) is 14.9 Å². The highest BCUT2D eigenvalue weighted by Gasteiger charge is 2.48. The van der Waals surface area contributed by atoms with Crippen molar-refractivity contribution in [2.45, 2.75) is 46.0 Å². The fraction of sp³-hybridized carbons (Fsp3) is 0.900. The Balaban J connectivity index is 2.71. The van der Waals surface area contributed by atoms with Gasteiger partial charge in [-0.05, 0) is 38.5 Å². The smallest absolute Gasteiger partial charge is 0.373 e. The number of nitrogens with one attached hydrogen (secondary N) is 1. The van der Waals surface area contributed by atoms with E-state index in [0.717, 1.165) is 12.8 Å². The van der Waals surface area contributed by atoms with E-state index in [1.807, 2.05) is 13.8 Å². The second-order valence-corrected chi connectivity index (χ2v) is 4.81. The minimum absolute atomic E-state index is 0.121. The molecule has 4 nitrogen and oxygen atoms in total. The Hall–Kier alpha value is -0.545. The molecule has 1 saturated carbocycles. The molecule has 1 aliphatic carbocycles. The maximum atomic E-state index is 11.2. The zero-order valence-corrected chi connectivity index (χ0v) is 9.66. The van der Waals surface area contributed by atoms with E-state index < -0.39 is 18.4 Å². The van der Waals surface area contributed by atoms with Crippen molar-refractivity contribution in [3.8, 4) is 0 Å². The monoisotopic (exact) mass is 213 g/mol. The van der Waals surface area contributed by atoms with E-state index in [1.54, 1.807) is 6.82 Å². The zero-order valence-electron chi connectivity index (χ0n) is 9.66. The van der Waals surface area contributed by atoms with Gasteiger partial charge in [0.2, 0.25) is 0 Å². The van der Waals surface area contributed by atoms with Crippen LogP contribution in [-0.2, 0) is 4.79 Å². The van der Waals surface area contributed by atoms with Gasteiger partial charge in [-0.2, -0.15) is 0 Å². The van der Waals surface area contributed by atoms with Gasteiger partial charge in [-0.15, -0.1) is 0 Å². The van der Waals surface area contributed by atoms with Crippen LogP contribution in [-0.4, -0.2) is 29.2 Å². The van der Waals surface area contributed by atoms with Crippen LogP contribution in [0, 0.1) is 11.3 Å². The normalized spacial score (nSPS) is 35.5. The number of carboxylic acids is 1. The van der Waals surface area contributed by atoms with Crippen LogP contribution in [0.5, 0.6) is 0 Å². The van der Waals surface area contributed by atoms with Gasteiger partial charge in [0, 0.05) is 0 Å². The molecule has 1 aliphatic rings. The number of rotatable bonds is 4. The Labute approximate surface area is 91.2 Å². The van der Waals surface area contributed by atoms with Crippen LogP contribution in [0.1, 0.15) is 33.1 Å². The predicted molar refractivity (Wildman–Crippen MR) is 59.5 cm³/mol. The molecule has 3 atom stereocenters. The molecule has 0 bridgehead atoms. The lowest BCUT2D eigenvalue weighted by molar-refractivity contribution is -0.150. The van der Waals surface area contributed by atoms with Crippen molar-refractivity contribution in [1.82, 2.24) is 5.23 Å². The van der Waals surface area contributed by atoms with Gasteiger partial charge in [0.1, 0.15) is 0 Å². The molecule has 5 heteroatoms. The SMILES string of the molecule is CC[C@H]1CC(NB(C)O)C[C@]1(C)C(=O)O. The lowest BCUT2D eigenvalue weighted by Gasteiger charge is -2.25. The molecule has 1 fully saturated rings. The zero-order chi connectivity index (χ0) is 11.6. The first-order chi connectivity index (χ1) is 6.90. The third-order valence-corrected chi connectivity index (χ3v) is 3.60. The molecule has 1 unspecified atom stereocenters. The summed E-state index contributed by atoms with van der Waals surface area (Å²) in [5.74, 6) is -0.518. The minimum atomic E-state index is -0.718. The third kappa shape index (κ3) is 2.52. The van der Waals surface area contributed by atoms with Crippen molar-refractivity contribution >= 4 is 13.0 Å². The molecule has 0 aromatic carbocycles. The number of carboxylic acid groups (broad SMARTS) is 1. The Kier molecular flexibility index (Phi) is 3.79. The standard InChI is InChI=1S/C10H20BNO3/c1-4-7-5-8(12-11(3)15)6-10(7,2)9(13)14/h7-8,12,15H,4-6H2,1-3H3,(H,13,14)/t7-,8?,10-/m0/s1. The Morgan fingerprint density at radius 1 is 1.67 bits per heavy atom. The van der Waals surface area contributed by atoms with Crippen molar-refractivity contribution in [2.75, 3.05) is 0 Å². The molecular formula is C10H20BNO3. The minimum Gasteiger partial charge on any atom is -0.481 e. The van der Waals surface area contributed by atoms with Crippen molar-refractivity contribution in [2.24, 2.45) is 11.3 Å². The van der Waals surface area contributed by atoms with Gasteiger partial charge in [-0.25, -0.2) is 0 Å². The molecule has 0 amide bonds. The van der Waals surface area contributed by atoms with Crippen LogP contribution in [0.15, 0.2) is 0 Å². The molecule has 0 spiro atoms. The van der Waals surface area contributed by atoms with E-state index >= 15 is 0 Å². The van der Waals surface area contributed by atoms with Crippen LogP contribution in [0.25, 0.3) is 0 Å². The molecule has 86 valence electrons. The molecule has 0 aromatic heterocycles. The molecule has 3 N–H and O–H groups in total. The topological polar surface area (TPSA) is 69.6 Å². The summed E-state index contributed by atoms with van der Waals surface area (Å²) in [6, 6.07) is 0.121. The summed E-state index contributed by atoms with van der Waals surface area (Å²) in [4.78, 5) is 11.2. The fourth-order valence-corrected chi connectivity index (χ4v) is 2.71. The maximum absolute atomic E-state index is 11.2. The van der Waals surface area contributed by atoms with Crippen molar-refractivity contribution < 1.29 is 14.9 Å². The second kappa shape index (κ2) is 4.53. The van der Waals surface area contributed by atoms with Gasteiger partial charge in [-0.3, -0.25) is 4.79 Å². The van der Waals surface area contributed by atoms with Gasteiger partial charge >= 0.3 is 13.0 Å². The highest BCUT2D eigenvalue weighted by atomic mass is 16.4. The van der Waals surface area contributed by atoms with E-state index in [0.29, 0.717) is 6.42 Å². The summed E-state index contributed by atoms with van der Waals surface area (Å²) in [5.41, 5.74) is -0.638. The van der Waals surface area contributed by atoms with Gasteiger partial charge in [0.15, 0.2) is 0 Å². The average Bonchev–Trinajstić information content (AvgIpc) is 2.42. The highest BCUT2D eigenvalue weighted by molar-refractivity contribution is 6.45. The Bertz CT molecular complexity index is 247. The summed E-state index contributed by atoms with van der Waals surface area (Å²) >= 11 is 0. The quantitative estimate of drug-likeness (QED) is 0.608. The van der Waals surface area contributed by atoms with E-state index in [4.69, 9.17) is 0 Å². The van der Waals surface area contributed by atoms with E-state index in [-0.39, 0.29) is 12.0 Å². The van der Waals surface area contributed by atoms with Crippen LogP contribution in [0.3, 0.4) is 0 Å². The number of hydrogen-bond donors (Lipinski definition) is 3. The fourth-order valence-electron chi connectivity index (χ4n) is 2.71. The number of aliphatic carboxylic acids is 1. The number of carbonyl (C=O) groups is 1. The molecule has 0 heterocycles. The molecular weight excluding hydrogens is 193 g/mol. The summed E-state index contributed by atoms with van der Waals surface area (Å²) in [6.45, 7) is 5.50. The molecule has 1 rings (SSSR count). The molecule has 0 aliphatic heterocycles. The largest absolute Gasteiger partial charge is 0.481 e. The first kappa shape index (κ1) is 12.5. The lowest BCUT2D eigenvalue weighted by Crippen LogP contribution is -2.39. The van der Waals surface area contributed by atoms with Crippen molar-refractivity contribution in [3.63, 3.8) is 0 Å². The van der Waals surface area contributed by atoms with Gasteiger partial charge in [0.25, 0.3) is 0 Å². The van der Waals surface area contributed by atoms with Gasteiger partial charge < -0.3 is 15.4 Å². The average molecular weight is 213 g/mol. The number of hydrogen-bond acceptors (Lipinski definition) is 3. The highest BCUT2D eigenvalue weighted by Crippen LogP contribution is 2.45. The van der Waals surface area contributed by atoms with Crippen LogP contribution in [0.2, 0.25) is 6.82 Å². The summed E-state index contributed by atoms with van der Waals surface area (Å²) in [7, 11) is -0.566. The molecule has 0 radical (unpaired) electrons. The predicted octanol–water partition coefficient (Wildman–Crippen LogP) is 0.966. The lowest BCUT2D eigenvalue weighted by atomic mass is 9.78. The Morgan fingerprint density at radius 3 is 2.60 bits per heavy atom. The maximum Gasteiger partial charge on any atom is 0.373 e. The molecule has 0 saturated heterocycles. The van der Waals surface area contributed by atoms with Gasteiger partial charge in [0.05, 0.1) is 5.41 Å². The summed E-state index contributed by atoms with van der Waals surface area (Å²) in [5, 5.41) is 21.5. The third-order valence-electron chi connectivity index (χ3n) is 3.60. The van der Waals surface area contributed by atoms with Crippen LogP contribution >= 0.6 is 0 Å². The first-order valence-electron chi connectivity index (χ1n) is 5.57. The summed E-state index contributed by atoms with van der Waals surface area (Å²) < 4.78 is 0. The van der Waals surface area contributed by atoms with Crippen molar-refractivity contribution in [3.05, 3.63) is 0 Å². The van der Waals surface area contributed by atoms with Crippen LogP contribution in [0.4, 0.5) is 0 Å². The first-order valence-corrected chi connectivity index (χ1v) is 5.57. The van der Waals surface area contributed by atoms with Gasteiger partial charge in [-0.1, -0.05) is 13.3 Å². The van der Waals surface area contributed by atoms with E-state index in [1.165, 1.54) is 0 Å². The van der Waals surface area contributed by atoms with Crippen molar-refractivity contribution in [1.29, 1.82) is 0 Å². The van der Waals surface area contributed by atoms with Crippen LogP contribution < -0.4 is 5.23 Å².